The van der Waals surface area contributed by atoms with E-state index in [2.05, 4.69) is 4.98 Å². The maximum absolute atomic E-state index is 12.4. The summed E-state index contributed by atoms with van der Waals surface area (Å²) in [5.41, 5.74) is -1.01. The van der Waals surface area contributed by atoms with E-state index < -0.39 is 23.3 Å². The standard InChI is InChI=1S/C12H12N2O5S/c1-3-6(11(17)18)14-10(16)8-5(2)7(4-15)20-9(8)13-12(14)19/h4,6H,3H2,1-2H3,(H,13,19)(H,17,18). The van der Waals surface area contributed by atoms with E-state index in [1.807, 2.05) is 0 Å². The number of aromatic amines is 1. The first-order chi connectivity index (χ1) is 9.42. The van der Waals surface area contributed by atoms with Crippen LogP contribution in [0.5, 0.6) is 0 Å². The van der Waals surface area contributed by atoms with Gasteiger partial charge in [0, 0.05) is 0 Å². The molecule has 1 atom stereocenters. The number of H-pyrrole nitrogens is 1. The number of aromatic nitrogens is 2. The van der Waals surface area contributed by atoms with Crippen LogP contribution in [0.4, 0.5) is 0 Å². The van der Waals surface area contributed by atoms with Gasteiger partial charge in [-0.1, -0.05) is 6.92 Å². The Morgan fingerprint density at radius 1 is 1.50 bits per heavy atom. The van der Waals surface area contributed by atoms with Crippen LogP contribution in [-0.4, -0.2) is 26.9 Å². The minimum absolute atomic E-state index is 0.105. The summed E-state index contributed by atoms with van der Waals surface area (Å²) in [5, 5.41) is 9.29. The van der Waals surface area contributed by atoms with Crippen LogP contribution < -0.4 is 11.2 Å². The second kappa shape index (κ2) is 5.04. The molecule has 0 aliphatic carbocycles. The maximum Gasteiger partial charge on any atom is 0.330 e. The molecule has 2 heterocycles. The highest BCUT2D eigenvalue weighted by Crippen LogP contribution is 2.24. The second-order valence-electron chi connectivity index (χ2n) is 4.28. The molecule has 0 spiro atoms. The van der Waals surface area contributed by atoms with Gasteiger partial charge in [-0.15, -0.1) is 11.3 Å². The summed E-state index contributed by atoms with van der Waals surface area (Å²) in [6, 6.07) is -1.23. The molecule has 0 saturated heterocycles. The summed E-state index contributed by atoms with van der Waals surface area (Å²) in [4.78, 5) is 49.4. The Hall–Kier alpha value is -2.22. The van der Waals surface area contributed by atoms with Crippen LogP contribution in [0.25, 0.3) is 10.2 Å². The average Bonchev–Trinajstić information content (AvgIpc) is 2.70. The number of hydrogen-bond acceptors (Lipinski definition) is 5. The van der Waals surface area contributed by atoms with Crippen molar-refractivity contribution in [2.24, 2.45) is 0 Å². The molecular weight excluding hydrogens is 284 g/mol. The van der Waals surface area contributed by atoms with Crippen molar-refractivity contribution in [3.8, 4) is 0 Å². The van der Waals surface area contributed by atoms with Gasteiger partial charge in [-0.05, 0) is 18.9 Å². The summed E-state index contributed by atoms with van der Waals surface area (Å²) in [6.07, 6.45) is 0.712. The molecule has 0 fully saturated rings. The number of aryl methyl sites for hydroxylation is 1. The van der Waals surface area contributed by atoms with Crippen molar-refractivity contribution >= 4 is 33.8 Å². The molecule has 0 aliphatic heterocycles. The highest BCUT2D eigenvalue weighted by molar-refractivity contribution is 7.20. The van der Waals surface area contributed by atoms with E-state index in [1.165, 1.54) is 0 Å². The normalized spacial score (nSPS) is 12.5. The number of carboxylic acid groups (broad SMARTS) is 1. The summed E-state index contributed by atoms with van der Waals surface area (Å²) in [6.45, 7) is 3.17. The van der Waals surface area contributed by atoms with E-state index in [4.69, 9.17) is 5.11 Å². The molecule has 0 amide bonds. The zero-order chi connectivity index (χ0) is 15.0. The van der Waals surface area contributed by atoms with Crippen LogP contribution in [0.15, 0.2) is 9.59 Å². The number of carbonyl (C=O) groups is 2. The largest absolute Gasteiger partial charge is 0.480 e. The number of carbonyl (C=O) groups excluding carboxylic acids is 1. The lowest BCUT2D eigenvalue weighted by atomic mass is 10.2. The average molecular weight is 296 g/mol. The number of thiophene rings is 1. The molecule has 20 heavy (non-hydrogen) atoms. The summed E-state index contributed by atoms with van der Waals surface area (Å²) < 4.78 is 0.693. The molecule has 2 aromatic rings. The van der Waals surface area contributed by atoms with Crippen molar-refractivity contribution in [3.63, 3.8) is 0 Å². The van der Waals surface area contributed by atoms with Crippen LogP contribution in [0, 0.1) is 6.92 Å². The molecule has 2 rings (SSSR count). The molecule has 1 unspecified atom stereocenters. The minimum atomic E-state index is -1.25. The lowest BCUT2D eigenvalue weighted by Gasteiger charge is -2.12. The number of nitrogens with zero attached hydrogens (tertiary/aromatic N) is 1. The lowest BCUT2D eigenvalue weighted by molar-refractivity contribution is -0.141. The predicted molar refractivity (Wildman–Crippen MR) is 73.8 cm³/mol. The number of carboxylic acids is 1. The van der Waals surface area contributed by atoms with Crippen LogP contribution in [0.1, 0.15) is 34.6 Å². The first-order valence-electron chi connectivity index (χ1n) is 5.88. The van der Waals surface area contributed by atoms with E-state index in [0.29, 0.717) is 21.3 Å². The van der Waals surface area contributed by atoms with Crippen molar-refractivity contribution < 1.29 is 14.7 Å². The van der Waals surface area contributed by atoms with Crippen LogP contribution in [-0.2, 0) is 4.79 Å². The summed E-state index contributed by atoms with van der Waals surface area (Å²) >= 11 is 1.00. The predicted octanol–water partition coefficient (Wildman–Crippen LogP) is 0.908. The molecule has 8 heteroatoms. The van der Waals surface area contributed by atoms with Gasteiger partial charge in [-0.2, -0.15) is 0 Å². The van der Waals surface area contributed by atoms with Crippen molar-refractivity contribution in [1.82, 2.24) is 9.55 Å². The summed E-state index contributed by atoms with van der Waals surface area (Å²) in [7, 11) is 0. The molecule has 2 aromatic heterocycles. The Morgan fingerprint density at radius 2 is 2.15 bits per heavy atom. The van der Waals surface area contributed by atoms with Crippen molar-refractivity contribution in [1.29, 1.82) is 0 Å². The second-order valence-corrected chi connectivity index (χ2v) is 5.33. The van der Waals surface area contributed by atoms with Crippen LogP contribution >= 0.6 is 11.3 Å². The zero-order valence-electron chi connectivity index (χ0n) is 10.8. The van der Waals surface area contributed by atoms with Crippen LogP contribution in [0.2, 0.25) is 0 Å². The van der Waals surface area contributed by atoms with Gasteiger partial charge >= 0.3 is 11.7 Å². The Morgan fingerprint density at radius 3 is 2.65 bits per heavy atom. The third-order valence-electron chi connectivity index (χ3n) is 3.15. The van der Waals surface area contributed by atoms with Crippen molar-refractivity contribution in [2.75, 3.05) is 0 Å². The van der Waals surface area contributed by atoms with Crippen molar-refractivity contribution in [3.05, 3.63) is 31.3 Å². The zero-order valence-corrected chi connectivity index (χ0v) is 11.6. The molecule has 2 N–H and O–H groups in total. The van der Waals surface area contributed by atoms with E-state index in [0.717, 1.165) is 11.3 Å². The number of rotatable bonds is 4. The Balaban J connectivity index is 2.91. The van der Waals surface area contributed by atoms with Gasteiger partial charge in [-0.3, -0.25) is 14.6 Å². The first-order valence-corrected chi connectivity index (χ1v) is 6.69. The van der Waals surface area contributed by atoms with Crippen molar-refractivity contribution in [2.45, 2.75) is 26.3 Å². The molecule has 0 aliphatic rings. The Labute approximate surface area is 116 Å². The number of nitrogens with one attached hydrogen (secondary N) is 1. The molecule has 106 valence electrons. The maximum atomic E-state index is 12.4. The van der Waals surface area contributed by atoms with E-state index >= 15 is 0 Å². The third kappa shape index (κ3) is 1.97. The lowest BCUT2D eigenvalue weighted by Crippen LogP contribution is -2.40. The summed E-state index contributed by atoms with van der Waals surface area (Å²) in [5.74, 6) is -1.25. The SMILES string of the molecule is CCC(C(=O)O)n1c(=O)[nH]c2sc(C=O)c(C)c2c1=O. The molecule has 0 radical (unpaired) electrons. The highest BCUT2D eigenvalue weighted by Gasteiger charge is 2.24. The third-order valence-corrected chi connectivity index (χ3v) is 4.28. The topological polar surface area (TPSA) is 109 Å². The highest BCUT2D eigenvalue weighted by atomic mass is 32.1. The van der Waals surface area contributed by atoms with Gasteiger partial charge < -0.3 is 5.11 Å². The first kappa shape index (κ1) is 14.2. The quantitative estimate of drug-likeness (QED) is 0.815. The van der Waals surface area contributed by atoms with Gasteiger partial charge in [0.1, 0.15) is 10.9 Å². The molecule has 0 bridgehead atoms. The Bertz CT molecular complexity index is 814. The fraction of sp³-hybridized carbons (Fsp3) is 0.333. The smallest absolute Gasteiger partial charge is 0.330 e. The van der Waals surface area contributed by atoms with E-state index in [1.54, 1.807) is 13.8 Å². The fourth-order valence-corrected chi connectivity index (χ4v) is 3.11. The molecule has 7 nitrogen and oxygen atoms in total. The minimum Gasteiger partial charge on any atom is -0.480 e. The monoisotopic (exact) mass is 296 g/mol. The number of aldehydes is 1. The van der Waals surface area contributed by atoms with E-state index in [9.17, 15) is 19.2 Å². The van der Waals surface area contributed by atoms with Gasteiger partial charge in [0.2, 0.25) is 0 Å². The number of fused-ring (bicyclic) bond motifs is 1. The number of aliphatic carboxylic acids is 1. The van der Waals surface area contributed by atoms with Gasteiger partial charge in [0.05, 0.1) is 10.3 Å². The van der Waals surface area contributed by atoms with Gasteiger partial charge in [-0.25, -0.2) is 14.2 Å². The molecule has 0 aromatic carbocycles. The number of hydrogen-bond donors (Lipinski definition) is 2. The van der Waals surface area contributed by atoms with Gasteiger partial charge in [0.15, 0.2) is 6.29 Å². The fourth-order valence-electron chi connectivity index (χ4n) is 2.11. The van der Waals surface area contributed by atoms with E-state index in [-0.39, 0.29) is 16.6 Å². The van der Waals surface area contributed by atoms with Crippen LogP contribution in [0.3, 0.4) is 0 Å². The Kier molecular flexibility index (Phi) is 3.58. The van der Waals surface area contributed by atoms with Gasteiger partial charge in [0.25, 0.3) is 5.56 Å². The molecular formula is C12H12N2O5S. The molecule has 0 saturated carbocycles.